The van der Waals surface area contributed by atoms with E-state index < -0.39 is 44.0 Å². The van der Waals surface area contributed by atoms with Crippen molar-refractivity contribution >= 4 is 28.4 Å². The predicted molar refractivity (Wildman–Crippen MR) is 277 cm³/mol. The summed E-state index contributed by atoms with van der Waals surface area (Å²) in [6, 6.07) is 20.8. The van der Waals surface area contributed by atoms with E-state index in [1.54, 1.807) is 0 Å². The summed E-state index contributed by atoms with van der Waals surface area (Å²) in [5, 5.41) is 0. The van der Waals surface area contributed by atoms with Crippen LogP contribution in [0, 0.1) is 0 Å². The van der Waals surface area contributed by atoms with Crippen LogP contribution in [0.5, 0.6) is 0 Å². The number of ether oxygens (including phenoxy) is 6. The van der Waals surface area contributed by atoms with Gasteiger partial charge in [-0.1, -0.05) is 151 Å². The van der Waals surface area contributed by atoms with Gasteiger partial charge in [0.1, 0.15) is 16.1 Å². The minimum absolute atomic E-state index is 0.203. The Labute approximate surface area is 408 Å². The molecular formula is C55H92O8SSi2. The van der Waals surface area contributed by atoms with Crippen molar-refractivity contribution in [3.63, 3.8) is 0 Å². The number of benzene rings is 2. The van der Waals surface area contributed by atoms with Crippen LogP contribution >= 0.6 is 11.8 Å². The predicted octanol–water partition coefficient (Wildman–Crippen LogP) is 14.2. The molecule has 66 heavy (non-hydrogen) atoms. The van der Waals surface area contributed by atoms with Crippen LogP contribution in [0.25, 0.3) is 0 Å². The van der Waals surface area contributed by atoms with Crippen LogP contribution in [-0.2, 0) is 50.5 Å². The first kappa shape index (κ1) is 54.2. The largest absolute Gasteiger partial charge is 0.413 e. The van der Waals surface area contributed by atoms with E-state index in [9.17, 15) is 0 Å². The molecule has 4 fully saturated rings. The van der Waals surface area contributed by atoms with E-state index in [0.29, 0.717) is 72.5 Å². The first-order valence-corrected chi connectivity index (χ1v) is 31.2. The SMILES string of the molecule is CCSC12CC[C@]3(C)O[C@](C)(CO[Si](C(C)C)(C(C)C)C(C)C)[C@@H](O[Si](C(C)C)(C(C)C)C(C)C)C[C@H]3O[C@H]1C[C@@]1(C)O[C@@](C)(COCc3ccccc3)[C@H](OCc3ccccc3)C[C@@H]1O2. The summed E-state index contributed by atoms with van der Waals surface area (Å²) in [5.74, 6) is 0.903. The molecule has 4 aliphatic rings. The van der Waals surface area contributed by atoms with Gasteiger partial charge in [0.05, 0.1) is 68.1 Å². The van der Waals surface area contributed by atoms with Crippen molar-refractivity contribution in [1.29, 1.82) is 0 Å². The van der Waals surface area contributed by atoms with Crippen molar-refractivity contribution in [2.75, 3.05) is 19.0 Å². The normalized spacial score (nSPS) is 34.3. The standard InChI is InChI=1S/C55H92O8SSi2/c1-18-64-55-30-29-51(14)47(32-49(61-66(41(8)9,42(10)11)43(12)13)54(17,62-51)37-58-65(38(2)3,39(4)5)40(6)7)59-50(55)33-52(15)48(60-55)31-46(57-35-45-27-23-20-24-28-45)53(16,63-52)36-56-34-44-25-21-19-22-26-44/h19-28,38-43,46-50H,18,29-37H2,1-17H3/t46-,47-,48+,49+,50+,51+,52-,53+,54-,55?/m1/s1. The Hall–Kier alpha value is -1.10. The second kappa shape index (κ2) is 21.3. The minimum atomic E-state index is -2.37. The van der Waals surface area contributed by atoms with E-state index in [1.807, 2.05) is 23.9 Å². The zero-order chi connectivity index (χ0) is 48.5. The van der Waals surface area contributed by atoms with Crippen LogP contribution in [0.3, 0.4) is 0 Å². The molecule has 8 nitrogen and oxygen atoms in total. The average Bonchev–Trinajstić information content (AvgIpc) is 3.34. The Balaban J connectivity index is 1.35. The lowest BCUT2D eigenvalue weighted by atomic mass is 9.76. The van der Waals surface area contributed by atoms with Crippen molar-refractivity contribution < 1.29 is 37.3 Å². The summed E-state index contributed by atoms with van der Waals surface area (Å²) in [5.41, 5.74) is 2.27. The van der Waals surface area contributed by atoms with E-state index in [2.05, 4.69) is 166 Å². The van der Waals surface area contributed by atoms with Crippen LogP contribution in [0.2, 0.25) is 33.2 Å². The quantitative estimate of drug-likeness (QED) is 0.121. The van der Waals surface area contributed by atoms with Crippen LogP contribution in [0.4, 0.5) is 0 Å². The molecule has 0 radical (unpaired) electrons. The Morgan fingerprint density at radius 2 is 1.09 bits per heavy atom. The van der Waals surface area contributed by atoms with Crippen molar-refractivity contribution in [2.24, 2.45) is 0 Å². The van der Waals surface area contributed by atoms with Crippen LogP contribution in [0.1, 0.15) is 161 Å². The molecule has 4 aliphatic heterocycles. The molecule has 374 valence electrons. The van der Waals surface area contributed by atoms with Gasteiger partial charge in [-0.05, 0) is 90.7 Å². The molecule has 10 atom stereocenters. The van der Waals surface area contributed by atoms with Gasteiger partial charge in [0, 0.05) is 19.3 Å². The van der Waals surface area contributed by atoms with Crippen LogP contribution in [0.15, 0.2) is 60.7 Å². The molecule has 0 aliphatic carbocycles. The molecule has 0 spiro atoms. The smallest absolute Gasteiger partial charge is 0.200 e. The molecule has 4 heterocycles. The molecule has 0 saturated carbocycles. The number of hydrogen-bond donors (Lipinski definition) is 0. The van der Waals surface area contributed by atoms with Gasteiger partial charge in [0.25, 0.3) is 0 Å². The molecule has 0 amide bonds. The summed E-state index contributed by atoms with van der Waals surface area (Å²) in [4.78, 5) is -0.585. The molecule has 11 heteroatoms. The lowest BCUT2D eigenvalue weighted by Gasteiger charge is -2.60. The molecule has 1 unspecified atom stereocenters. The number of fused-ring (bicyclic) bond motifs is 3. The van der Waals surface area contributed by atoms with Crippen LogP contribution in [-0.4, -0.2) is 93.5 Å². The van der Waals surface area contributed by atoms with Gasteiger partial charge in [-0.3, -0.25) is 0 Å². The van der Waals surface area contributed by atoms with Crippen molar-refractivity contribution in [2.45, 2.75) is 254 Å². The summed E-state index contributed by atoms with van der Waals surface area (Å²) in [6.45, 7) is 41.8. The Kier molecular flexibility index (Phi) is 17.5. The number of hydrogen-bond acceptors (Lipinski definition) is 9. The molecule has 0 aromatic heterocycles. The lowest BCUT2D eigenvalue weighted by Crippen LogP contribution is -2.70. The summed E-state index contributed by atoms with van der Waals surface area (Å²) < 4.78 is 59.5. The minimum Gasteiger partial charge on any atom is -0.413 e. The first-order chi connectivity index (χ1) is 30.9. The van der Waals surface area contributed by atoms with Gasteiger partial charge in [-0.2, -0.15) is 0 Å². The lowest BCUT2D eigenvalue weighted by molar-refractivity contribution is -0.342. The molecule has 2 aromatic rings. The molecule has 6 rings (SSSR count). The Morgan fingerprint density at radius 3 is 1.62 bits per heavy atom. The van der Waals surface area contributed by atoms with E-state index in [4.69, 9.17) is 37.3 Å². The van der Waals surface area contributed by atoms with E-state index in [-0.39, 0.29) is 30.5 Å². The van der Waals surface area contributed by atoms with Gasteiger partial charge >= 0.3 is 0 Å². The molecule has 2 aromatic carbocycles. The Morgan fingerprint density at radius 1 is 0.591 bits per heavy atom. The maximum Gasteiger partial charge on any atom is 0.200 e. The van der Waals surface area contributed by atoms with E-state index in [1.165, 1.54) is 0 Å². The second-order valence-corrected chi connectivity index (χ2v) is 35.8. The van der Waals surface area contributed by atoms with Gasteiger partial charge < -0.3 is 37.3 Å². The highest BCUT2D eigenvalue weighted by atomic mass is 32.2. The zero-order valence-corrected chi connectivity index (χ0v) is 47.2. The Bertz CT molecular complexity index is 1790. The fourth-order valence-corrected chi connectivity index (χ4v) is 26.0. The topological polar surface area (TPSA) is 73.8 Å². The van der Waals surface area contributed by atoms with Crippen molar-refractivity contribution in [3.8, 4) is 0 Å². The van der Waals surface area contributed by atoms with Crippen molar-refractivity contribution in [1.82, 2.24) is 0 Å². The first-order valence-electron chi connectivity index (χ1n) is 25.9. The fraction of sp³-hybridized carbons (Fsp3) is 0.782. The summed E-state index contributed by atoms with van der Waals surface area (Å²) in [6.07, 6.45) is 2.60. The highest BCUT2D eigenvalue weighted by Gasteiger charge is 2.66. The third-order valence-corrected chi connectivity index (χ3v) is 30.3. The molecule has 4 saturated heterocycles. The summed E-state index contributed by atoms with van der Waals surface area (Å²) in [7, 11) is -4.62. The van der Waals surface area contributed by atoms with Gasteiger partial charge in [0.2, 0.25) is 8.32 Å². The number of thioether (sulfide) groups is 1. The maximum absolute atomic E-state index is 7.92. The monoisotopic (exact) mass is 969 g/mol. The van der Waals surface area contributed by atoms with Gasteiger partial charge in [-0.15, -0.1) is 11.8 Å². The zero-order valence-electron chi connectivity index (χ0n) is 44.4. The number of rotatable bonds is 20. The van der Waals surface area contributed by atoms with Gasteiger partial charge in [0.15, 0.2) is 8.32 Å². The van der Waals surface area contributed by atoms with Crippen LogP contribution < -0.4 is 0 Å². The second-order valence-electron chi connectivity index (χ2n) is 23.4. The summed E-state index contributed by atoms with van der Waals surface area (Å²) >= 11 is 1.90. The van der Waals surface area contributed by atoms with E-state index >= 15 is 0 Å². The third-order valence-electron chi connectivity index (χ3n) is 16.8. The van der Waals surface area contributed by atoms with Crippen molar-refractivity contribution in [3.05, 3.63) is 71.8 Å². The fourth-order valence-electron chi connectivity index (χ4n) is 13.5. The molecule has 0 bridgehead atoms. The average molecular weight is 970 g/mol. The molecular weight excluding hydrogens is 877 g/mol. The highest BCUT2D eigenvalue weighted by molar-refractivity contribution is 8.00. The maximum atomic E-state index is 7.92. The van der Waals surface area contributed by atoms with E-state index in [0.717, 1.165) is 36.1 Å². The van der Waals surface area contributed by atoms with Gasteiger partial charge in [-0.25, -0.2) is 0 Å². The third kappa shape index (κ3) is 10.7. The highest BCUT2D eigenvalue weighted by Crippen LogP contribution is 2.58. The molecule has 0 N–H and O–H groups in total.